The minimum absolute atomic E-state index is 0.0755. The number of amides is 1. The molecule has 6 heterocycles. The van der Waals surface area contributed by atoms with Gasteiger partial charge in [0.2, 0.25) is 11.8 Å². The van der Waals surface area contributed by atoms with E-state index in [2.05, 4.69) is 25.9 Å². The molecule has 2 aliphatic rings. The van der Waals surface area contributed by atoms with Crippen molar-refractivity contribution in [2.75, 3.05) is 46.5 Å². The Morgan fingerprint density at radius 3 is 3.00 bits per heavy atom. The Morgan fingerprint density at radius 1 is 1.20 bits per heavy atom. The number of aromatic amines is 2. The molecule has 2 N–H and O–H groups in total. The number of nitrogens with one attached hydrogen (secondary N) is 2. The van der Waals surface area contributed by atoms with Crippen molar-refractivity contribution in [3.05, 3.63) is 72.6 Å². The second-order valence-electron chi connectivity index (χ2n) is 10.9. The lowest BCUT2D eigenvalue weighted by atomic mass is 10.0. The lowest BCUT2D eigenvalue weighted by Crippen LogP contribution is -2.52. The second kappa shape index (κ2) is 10.9. The van der Waals surface area contributed by atoms with Gasteiger partial charge in [-0.3, -0.25) is 14.7 Å². The van der Waals surface area contributed by atoms with E-state index in [-0.39, 0.29) is 11.9 Å². The van der Waals surface area contributed by atoms with E-state index in [0.717, 1.165) is 77.2 Å². The molecule has 0 bridgehead atoms. The molecule has 0 radical (unpaired) electrons. The third-order valence-corrected chi connectivity index (χ3v) is 8.32. The quantitative estimate of drug-likeness (QED) is 0.315. The van der Waals surface area contributed by atoms with Gasteiger partial charge >= 0.3 is 0 Å². The number of imidazole rings is 1. The number of ether oxygens (including phenoxy) is 2. The molecule has 2 atom stereocenters. The van der Waals surface area contributed by atoms with Gasteiger partial charge in [-0.15, -0.1) is 0 Å². The van der Waals surface area contributed by atoms with Crippen LogP contribution >= 0.6 is 0 Å². The molecule has 41 heavy (non-hydrogen) atoms. The van der Waals surface area contributed by atoms with Crippen LogP contribution in [0.1, 0.15) is 23.9 Å². The Balaban J connectivity index is 1.19. The van der Waals surface area contributed by atoms with Gasteiger partial charge in [-0.2, -0.15) is 0 Å². The number of carbonyl (C=O) groups is 1. The van der Waals surface area contributed by atoms with Crippen molar-refractivity contribution in [2.45, 2.75) is 18.9 Å². The summed E-state index contributed by atoms with van der Waals surface area (Å²) in [4.78, 5) is 38.9. The van der Waals surface area contributed by atoms with E-state index in [1.54, 1.807) is 13.3 Å². The summed E-state index contributed by atoms with van der Waals surface area (Å²) in [6.07, 6.45) is 8.69. The molecule has 10 nitrogen and oxygen atoms in total. The fourth-order valence-electron chi connectivity index (χ4n) is 6.15. The highest BCUT2D eigenvalue weighted by Gasteiger charge is 2.35. The van der Waals surface area contributed by atoms with E-state index < -0.39 is 0 Å². The topological polar surface area (TPSA) is 112 Å². The number of fused-ring (bicyclic) bond motifs is 2. The molecule has 2 unspecified atom stereocenters. The normalized spacial score (nSPS) is 19.8. The van der Waals surface area contributed by atoms with Crippen molar-refractivity contribution >= 4 is 27.7 Å². The zero-order valence-electron chi connectivity index (χ0n) is 23.0. The summed E-state index contributed by atoms with van der Waals surface area (Å²) in [5.74, 6) is 1.89. The predicted molar refractivity (Wildman–Crippen MR) is 155 cm³/mol. The first-order chi connectivity index (χ1) is 20.2. The molecule has 5 aromatic rings. The molecular weight excluding hydrogens is 518 g/mol. The maximum atomic E-state index is 13.8. The van der Waals surface area contributed by atoms with Gasteiger partial charge in [0.15, 0.2) is 0 Å². The monoisotopic (exact) mass is 551 g/mol. The van der Waals surface area contributed by atoms with Crippen LogP contribution in [0.15, 0.2) is 61.2 Å². The largest absolute Gasteiger partial charge is 0.480 e. The Bertz CT molecular complexity index is 1690. The second-order valence-corrected chi connectivity index (χ2v) is 10.9. The van der Waals surface area contributed by atoms with E-state index in [1.807, 2.05) is 53.8 Å². The van der Waals surface area contributed by atoms with E-state index in [1.165, 1.54) is 0 Å². The van der Waals surface area contributed by atoms with Crippen LogP contribution in [0.3, 0.4) is 0 Å². The highest BCUT2D eigenvalue weighted by atomic mass is 16.5. The number of nitrogens with zero attached hydrogens (tertiary/aromatic N) is 5. The molecule has 2 saturated heterocycles. The van der Waals surface area contributed by atoms with Crippen molar-refractivity contribution in [1.29, 1.82) is 0 Å². The fourth-order valence-corrected chi connectivity index (χ4v) is 6.15. The molecule has 0 saturated carbocycles. The first kappa shape index (κ1) is 25.7. The first-order valence-electron chi connectivity index (χ1n) is 14.1. The van der Waals surface area contributed by atoms with Crippen molar-refractivity contribution in [1.82, 2.24) is 34.7 Å². The molecule has 4 aromatic heterocycles. The number of benzene rings is 1. The summed E-state index contributed by atoms with van der Waals surface area (Å²) in [6.45, 7) is 4.76. The summed E-state index contributed by atoms with van der Waals surface area (Å²) in [5, 5.41) is 2.00. The average molecular weight is 552 g/mol. The van der Waals surface area contributed by atoms with Crippen LogP contribution in [-0.2, 0) is 16.0 Å². The number of methoxy groups -OCH3 is 1. The van der Waals surface area contributed by atoms with E-state index in [9.17, 15) is 4.79 Å². The molecule has 1 amide bonds. The predicted octanol–water partition coefficient (Wildman–Crippen LogP) is 3.97. The van der Waals surface area contributed by atoms with Crippen LogP contribution in [0.2, 0.25) is 0 Å². The third-order valence-electron chi connectivity index (χ3n) is 8.32. The summed E-state index contributed by atoms with van der Waals surface area (Å²) in [6, 6.07) is 11.8. The van der Waals surface area contributed by atoms with Gasteiger partial charge in [-0.25, -0.2) is 9.97 Å². The summed E-state index contributed by atoms with van der Waals surface area (Å²) >= 11 is 0. The Labute approximate surface area is 237 Å². The van der Waals surface area contributed by atoms with Crippen LogP contribution in [0.25, 0.3) is 33.1 Å². The molecule has 0 spiro atoms. The number of piperazine rings is 1. The van der Waals surface area contributed by atoms with Crippen LogP contribution in [0, 0.1) is 5.92 Å². The molecule has 2 aliphatic heterocycles. The average Bonchev–Trinajstić information content (AvgIpc) is 3.79. The number of pyridine rings is 2. The number of carbonyl (C=O) groups excluding carboxylic acids is 1. The zero-order chi connectivity index (χ0) is 27.8. The number of rotatable bonds is 7. The van der Waals surface area contributed by atoms with Gasteiger partial charge in [-0.1, -0.05) is 18.2 Å². The van der Waals surface area contributed by atoms with E-state index in [4.69, 9.17) is 19.4 Å². The standard InChI is InChI=1S/C31H33N7O3/c1-40-31-23(12-21-4-2-3-5-25(21)36-31)27-16-34-30(35-27)28-18-37(17-20-7-11-41-19-20)9-10-38(28)29(39)13-22-14-33-26-6-8-32-15-24(22)26/h2-6,8,12,14-16,20,28,33H,7,9-11,13,17-19H2,1H3,(H,34,35). The fraction of sp³-hybridized carbons (Fsp3) is 0.355. The lowest BCUT2D eigenvalue weighted by molar-refractivity contribution is -0.136. The lowest BCUT2D eigenvalue weighted by Gasteiger charge is -2.41. The summed E-state index contributed by atoms with van der Waals surface area (Å²) in [7, 11) is 1.63. The highest BCUT2D eigenvalue weighted by Crippen LogP contribution is 2.33. The number of aromatic nitrogens is 5. The van der Waals surface area contributed by atoms with Gasteiger partial charge < -0.3 is 24.3 Å². The number of para-hydroxylation sites is 1. The highest BCUT2D eigenvalue weighted by molar-refractivity contribution is 5.89. The minimum atomic E-state index is -0.213. The molecule has 2 fully saturated rings. The van der Waals surface area contributed by atoms with Gasteiger partial charge in [0.05, 0.1) is 43.1 Å². The van der Waals surface area contributed by atoms with E-state index in [0.29, 0.717) is 31.3 Å². The zero-order valence-corrected chi connectivity index (χ0v) is 23.0. The maximum absolute atomic E-state index is 13.8. The Morgan fingerprint density at radius 2 is 2.12 bits per heavy atom. The van der Waals surface area contributed by atoms with E-state index >= 15 is 0 Å². The van der Waals surface area contributed by atoms with Crippen molar-refractivity contribution in [2.24, 2.45) is 5.92 Å². The van der Waals surface area contributed by atoms with Gasteiger partial charge in [0, 0.05) is 67.7 Å². The van der Waals surface area contributed by atoms with Crippen molar-refractivity contribution in [3.8, 4) is 17.1 Å². The molecule has 7 rings (SSSR count). The van der Waals surface area contributed by atoms with Crippen LogP contribution < -0.4 is 4.74 Å². The van der Waals surface area contributed by atoms with Crippen LogP contribution in [-0.4, -0.2) is 87.1 Å². The first-order valence-corrected chi connectivity index (χ1v) is 14.1. The number of hydrogen-bond donors (Lipinski definition) is 2. The third kappa shape index (κ3) is 5.05. The maximum Gasteiger partial charge on any atom is 0.227 e. The Kier molecular flexibility index (Phi) is 6.85. The minimum Gasteiger partial charge on any atom is -0.480 e. The smallest absolute Gasteiger partial charge is 0.227 e. The summed E-state index contributed by atoms with van der Waals surface area (Å²) in [5.41, 5.74) is 4.46. The molecule has 0 aliphatic carbocycles. The van der Waals surface area contributed by atoms with Crippen molar-refractivity contribution < 1.29 is 14.3 Å². The molecule has 210 valence electrons. The summed E-state index contributed by atoms with van der Waals surface area (Å²) < 4.78 is 11.3. The number of H-pyrrole nitrogens is 2. The van der Waals surface area contributed by atoms with Crippen molar-refractivity contribution in [3.63, 3.8) is 0 Å². The SMILES string of the molecule is COc1nc2ccccc2cc1-c1cnc(C2CN(CC3CCOC3)CCN2C(=O)Cc2c[nH]c3ccncc23)[nH]1. The molecule has 1 aromatic carbocycles. The van der Waals surface area contributed by atoms with Crippen LogP contribution in [0.5, 0.6) is 5.88 Å². The molecule has 10 heteroatoms. The molecular formula is C31H33N7O3. The number of hydrogen-bond acceptors (Lipinski definition) is 7. The van der Waals surface area contributed by atoms with Gasteiger partial charge in [0.25, 0.3) is 0 Å². The van der Waals surface area contributed by atoms with Gasteiger partial charge in [-0.05, 0) is 36.1 Å². The van der Waals surface area contributed by atoms with Gasteiger partial charge in [0.1, 0.15) is 11.9 Å². The van der Waals surface area contributed by atoms with Crippen LogP contribution in [0.4, 0.5) is 0 Å². The Hall–Kier alpha value is -4.28.